The van der Waals surface area contributed by atoms with E-state index in [0.717, 1.165) is 48.5 Å². The van der Waals surface area contributed by atoms with E-state index in [1.807, 2.05) is 19.1 Å². The van der Waals surface area contributed by atoms with Gasteiger partial charge in [0.15, 0.2) is 0 Å². The highest BCUT2D eigenvalue weighted by Gasteiger charge is 2.30. The normalized spacial score (nSPS) is 15.9. The Balaban J connectivity index is 1.99. The molecule has 1 amide bonds. The first-order valence-electron chi connectivity index (χ1n) is 10.4. The van der Waals surface area contributed by atoms with Crippen LogP contribution in [-0.2, 0) is 9.53 Å². The zero-order chi connectivity index (χ0) is 21.7. The SMILES string of the molecule is COC(=O)c1ccc(C(C(N)=O)C(C)c2cc(OC)ccc2N2CCCCC2)cc1. The van der Waals surface area contributed by atoms with Crippen LogP contribution in [0.25, 0.3) is 0 Å². The van der Waals surface area contributed by atoms with Crippen molar-refractivity contribution in [3.63, 3.8) is 0 Å². The van der Waals surface area contributed by atoms with E-state index < -0.39 is 17.8 Å². The Bertz CT molecular complexity index is 889. The fourth-order valence-corrected chi connectivity index (χ4v) is 4.27. The van der Waals surface area contributed by atoms with Crippen LogP contribution in [-0.4, -0.2) is 39.2 Å². The minimum atomic E-state index is -0.535. The lowest BCUT2D eigenvalue weighted by Gasteiger charge is -2.33. The Kier molecular flexibility index (Phi) is 6.98. The first kappa shape index (κ1) is 21.7. The monoisotopic (exact) mass is 410 g/mol. The Hall–Kier alpha value is -3.02. The number of esters is 1. The van der Waals surface area contributed by atoms with Gasteiger partial charge in [-0.05, 0) is 66.6 Å². The van der Waals surface area contributed by atoms with Gasteiger partial charge in [0.05, 0.1) is 25.7 Å². The Morgan fingerprint density at radius 2 is 1.67 bits per heavy atom. The molecule has 6 heteroatoms. The maximum absolute atomic E-state index is 12.5. The maximum Gasteiger partial charge on any atom is 0.337 e. The second kappa shape index (κ2) is 9.65. The second-order valence-corrected chi connectivity index (χ2v) is 7.75. The molecule has 6 nitrogen and oxygen atoms in total. The minimum Gasteiger partial charge on any atom is -0.497 e. The van der Waals surface area contributed by atoms with Gasteiger partial charge in [-0.3, -0.25) is 4.79 Å². The summed E-state index contributed by atoms with van der Waals surface area (Å²) in [6, 6.07) is 12.9. The number of methoxy groups -OCH3 is 2. The fraction of sp³-hybridized carbons (Fsp3) is 0.417. The first-order valence-corrected chi connectivity index (χ1v) is 10.4. The molecular formula is C24H30N2O4. The van der Waals surface area contributed by atoms with E-state index in [1.165, 1.54) is 13.5 Å². The number of primary amides is 1. The van der Waals surface area contributed by atoms with Crippen molar-refractivity contribution in [3.05, 3.63) is 59.2 Å². The Morgan fingerprint density at radius 3 is 2.23 bits per heavy atom. The maximum atomic E-state index is 12.5. The zero-order valence-electron chi connectivity index (χ0n) is 17.9. The van der Waals surface area contributed by atoms with E-state index in [4.69, 9.17) is 15.2 Å². The molecule has 0 radical (unpaired) electrons. The number of hydrogen-bond donors (Lipinski definition) is 1. The highest BCUT2D eigenvalue weighted by atomic mass is 16.5. The number of nitrogens with two attached hydrogens (primary N) is 1. The number of hydrogen-bond acceptors (Lipinski definition) is 5. The summed E-state index contributed by atoms with van der Waals surface area (Å²) in [5, 5.41) is 0. The smallest absolute Gasteiger partial charge is 0.337 e. The molecule has 0 spiro atoms. The molecule has 1 saturated heterocycles. The summed E-state index contributed by atoms with van der Waals surface area (Å²) in [4.78, 5) is 26.6. The number of piperidine rings is 1. The molecule has 3 rings (SSSR count). The number of amides is 1. The predicted octanol–water partition coefficient (Wildman–Crippen LogP) is 3.84. The lowest BCUT2D eigenvalue weighted by atomic mass is 9.81. The Morgan fingerprint density at radius 1 is 1.00 bits per heavy atom. The first-order chi connectivity index (χ1) is 14.5. The molecule has 2 unspecified atom stereocenters. The van der Waals surface area contributed by atoms with Crippen molar-refractivity contribution >= 4 is 17.6 Å². The molecule has 1 fully saturated rings. The summed E-state index contributed by atoms with van der Waals surface area (Å²) in [5.74, 6) is -0.765. The van der Waals surface area contributed by atoms with Gasteiger partial charge in [-0.2, -0.15) is 0 Å². The summed E-state index contributed by atoms with van der Waals surface area (Å²) >= 11 is 0. The van der Waals surface area contributed by atoms with Gasteiger partial charge in [0, 0.05) is 18.8 Å². The topological polar surface area (TPSA) is 81.9 Å². The minimum absolute atomic E-state index is 0.168. The predicted molar refractivity (Wildman–Crippen MR) is 117 cm³/mol. The van der Waals surface area contributed by atoms with Crippen molar-refractivity contribution < 1.29 is 19.1 Å². The average molecular weight is 411 g/mol. The van der Waals surface area contributed by atoms with Gasteiger partial charge in [-0.1, -0.05) is 19.1 Å². The van der Waals surface area contributed by atoms with E-state index >= 15 is 0 Å². The van der Waals surface area contributed by atoms with Gasteiger partial charge in [0.1, 0.15) is 5.75 Å². The number of nitrogens with zero attached hydrogens (tertiary/aromatic N) is 1. The molecule has 0 aromatic heterocycles. The fourth-order valence-electron chi connectivity index (χ4n) is 4.27. The molecule has 1 aliphatic rings. The Labute approximate surface area is 178 Å². The van der Waals surface area contributed by atoms with Crippen LogP contribution in [0.15, 0.2) is 42.5 Å². The summed E-state index contributed by atoms with van der Waals surface area (Å²) in [5.41, 5.74) is 9.23. The van der Waals surface area contributed by atoms with Crippen molar-refractivity contribution in [2.24, 2.45) is 5.73 Å². The standard InChI is InChI=1S/C24H30N2O4/c1-16(22(23(25)27)17-7-9-18(10-8-17)24(28)30-3)20-15-19(29-2)11-12-21(20)26-13-5-4-6-14-26/h7-12,15-16,22H,4-6,13-14H2,1-3H3,(H2,25,27). The van der Waals surface area contributed by atoms with Crippen LogP contribution in [0.2, 0.25) is 0 Å². The van der Waals surface area contributed by atoms with Gasteiger partial charge >= 0.3 is 5.97 Å². The third-order valence-electron chi connectivity index (χ3n) is 5.92. The molecule has 2 atom stereocenters. The van der Waals surface area contributed by atoms with Crippen molar-refractivity contribution in [2.75, 3.05) is 32.2 Å². The van der Waals surface area contributed by atoms with Crippen molar-refractivity contribution in [2.45, 2.75) is 38.0 Å². The van der Waals surface area contributed by atoms with Crippen LogP contribution in [0.1, 0.15) is 59.5 Å². The molecule has 0 aliphatic carbocycles. The van der Waals surface area contributed by atoms with Gasteiger partial charge in [-0.15, -0.1) is 0 Å². The van der Waals surface area contributed by atoms with Crippen molar-refractivity contribution in [1.82, 2.24) is 0 Å². The molecule has 1 heterocycles. The van der Waals surface area contributed by atoms with Gasteiger partial charge in [-0.25, -0.2) is 4.79 Å². The van der Waals surface area contributed by atoms with Crippen LogP contribution in [0.3, 0.4) is 0 Å². The van der Waals surface area contributed by atoms with Crippen LogP contribution in [0, 0.1) is 0 Å². The number of anilines is 1. The van der Waals surface area contributed by atoms with E-state index in [9.17, 15) is 9.59 Å². The summed E-state index contributed by atoms with van der Waals surface area (Å²) < 4.78 is 10.2. The molecule has 0 saturated carbocycles. The summed E-state index contributed by atoms with van der Waals surface area (Å²) in [6.07, 6.45) is 3.57. The second-order valence-electron chi connectivity index (χ2n) is 7.75. The number of ether oxygens (including phenoxy) is 2. The quantitative estimate of drug-likeness (QED) is 0.701. The molecule has 30 heavy (non-hydrogen) atoms. The molecule has 2 aromatic carbocycles. The highest BCUT2D eigenvalue weighted by Crippen LogP contribution is 2.40. The van der Waals surface area contributed by atoms with Gasteiger partial charge in [0.25, 0.3) is 0 Å². The third-order valence-corrected chi connectivity index (χ3v) is 5.92. The zero-order valence-corrected chi connectivity index (χ0v) is 17.9. The van der Waals surface area contributed by atoms with Crippen LogP contribution in [0.4, 0.5) is 5.69 Å². The summed E-state index contributed by atoms with van der Waals surface area (Å²) in [6.45, 7) is 4.02. The average Bonchev–Trinajstić information content (AvgIpc) is 2.79. The van der Waals surface area contributed by atoms with E-state index in [-0.39, 0.29) is 5.92 Å². The molecule has 0 bridgehead atoms. The van der Waals surface area contributed by atoms with E-state index in [0.29, 0.717) is 5.56 Å². The molecule has 1 aliphatic heterocycles. The van der Waals surface area contributed by atoms with Crippen LogP contribution in [0.5, 0.6) is 5.75 Å². The number of benzene rings is 2. The number of carbonyl (C=O) groups excluding carboxylic acids is 2. The van der Waals surface area contributed by atoms with Crippen molar-refractivity contribution in [3.8, 4) is 5.75 Å². The number of rotatable bonds is 7. The van der Waals surface area contributed by atoms with Gasteiger partial charge < -0.3 is 20.1 Å². The number of carbonyl (C=O) groups is 2. The van der Waals surface area contributed by atoms with Gasteiger partial charge in [0.2, 0.25) is 5.91 Å². The van der Waals surface area contributed by atoms with Crippen molar-refractivity contribution in [1.29, 1.82) is 0 Å². The lowest BCUT2D eigenvalue weighted by Crippen LogP contribution is -2.32. The lowest BCUT2D eigenvalue weighted by molar-refractivity contribution is -0.119. The van der Waals surface area contributed by atoms with E-state index in [2.05, 4.69) is 11.0 Å². The highest BCUT2D eigenvalue weighted by molar-refractivity contribution is 5.90. The molecule has 2 N–H and O–H groups in total. The molecular weight excluding hydrogens is 380 g/mol. The third kappa shape index (κ3) is 4.58. The molecule has 2 aromatic rings. The van der Waals surface area contributed by atoms with Crippen LogP contribution >= 0.6 is 0 Å². The molecule has 160 valence electrons. The van der Waals surface area contributed by atoms with E-state index in [1.54, 1.807) is 31.4 Å². The largest absolute Gasteiger partial charge is 0.497 e. The van der Waals surface area contributed by atoms with Crippen LogP contribution < -0.4 is 15.4 Å². The summed E-state index contributed by atoms with van der Waals surface area (Å²) in [7, 11) is 2.98.